The number of carbonyl (C=O) groups excluding carboxylic acids is 2. The molecular weight excluding hydrogens is 578 g/mol. The highest BCUT2D eigenvalue weighted by molar-refractivity contribution is 7.89. The van der Waals surface area contributed by atoms with E-state index in [0.717, 1.165) is 15.3 Å². The van der Waals surface area contributed by atoms with Crippen molar-refractivity contribution in [3.05, 3.63) is 47.0 Å². The third kappa shape index (κ3) is 5.55. The van der Waals surface area contributed by atoms with E-state index in [1.54, 1.807) is 48.5 Å². The first-order valence-corrected chi connectivity index (χ1v) is 15.6. The fourth-order valence-corrected chi connectivity index (χ4v) is 7.46. The normalized spacial score (nSPS) is 16.8. The van der Waals surface area contributed by atoms with E-state index in [1.807, 2.05) is 6.07 Å². The molecule has 5 rings (SSSR count). The lowest BCUT2D eigenvalue weighted by Gasteiger charge is -2.34. The van der Waals surface area contributed by atoms with Crippen LogP contribution < -0.4 is 9.64 Å². The number of benzene rings is 2. The Kier molecular flexibility index (Phi) is 8.36. The van der Waals surface area contributed by atoms with Crippen molar-refractivity contribution in [2.45, 2.75) is 11.8 Å². The zero-order valence-electron chi connectivity index (χ0n) is 22.2. The maximum atomic E-state index is 13.2. The van der Waals surface area contributed by atoms with Crippen LogP contribution in [0.15, 0.2) is 41.3 Å². The van der Waals surface area contributed by atoms with Gasteiger partial charge in [0.25, 0.3) is 5.91 Å². The molecule has 11 nitrogen and oxygen atoms in total. The first-order valence-electron chi connectivity index (χ1n) is 12.9. The van der Waals surface area contributed by atoms with E-state index in [2.05, 4.69) is 4.90 Å². The molecule has 2 aromatic carbocycles. The molecule has 2 fully saturated rings. The molecule has 3 aromatic rings. The number of methoxy groups -OCH3 is 1. The van der Waals surface area contributed by atoms with Crippen molar-refractivity contribution in [1.29, 1.82) is 0 Å². The third-order valence-corrected chi connectivity index (χ3v) is 10.3. The number of carbonyl (C=O) groups is 2. The summed E-state index contributed by atoms with van der Waals surface area (Å²) in [6, 6.07) is 9.77. The summed E-state index contributed by atoms with van der Waals surface area (Å²) in [5.41, 5.74) is 1.16. The van der Waals surface area contributed by atoms with E-state index in [1.165, 1.54) is 21.3 Å². The van der Waals surface area contributed by atoms with E-state index >= 15 is 0 Å². The van der Waals surface area contributed by atoms with Crippen molar-refractivity contribution < 1.29 is 27.5 Å². The molecule has 0 bridgehead atoms. The van der Waals surface area contributed by atoms with Crippen LogP contribution in [0.4, 0.5) is 9.93 Å². The zero-order chi connectivity index (χ0) is 28.4. The number of sulfonamides is 1. The molecular formula is C26H30ClN5O6S2. The van der Waals surface area contributed by atoms with Crippen molar-refractivity contribution in [3.63, 3.8) is 0 Å². The Hall–Kier alpha value is -3.13. The van der Waals surface area contributed by atoms with Crippen molar-refractivity contribution in [1.82, 2.24) is 19.1 Å². The first-order chi connectivity index (χ1) is 19.2. The summed E-state index contributed by atoms with van der Waals surface area (Å²) < 4.78 is 39.0. The minimum atomic E-state index is -3.75. The minimum absolute atomic E-state index is 0.116. The van der Waals surface area contributed by atoms with Gasteiger partial charge in [-0.15, -0.1) is 0 Å². The van der Waals surface area contributed by atoms with Gasteiger partial charge in [-0.3, -0.25) is 4.79 Å². The Bertz CT molecular complexity index is 1500. The summed E-state index contributed by atoms with van der Waals surface area (Å²) in [5, 5.41) is 1.36. The van der Waals surface area contributed by atoms with Gasteiger partial charge in [0.05, 0.1) is 28.3 Å². The smallest absolute Gasteiger partial charge is 0.409 e. The molecule has 0 spiro atoms. The highest BCUT2D eigenvalue weighted by Crippen LogP contribution is 2.38. The SMILES string of the molecule is CCOC(=O)N1CCN(S(=O)(=O)c2ccc(C(=O)N3CCN(c4nc5c(OC)c(Cl)ccc5s4)CC3)cc2)CC1. The lowest BCUT2D eigenvalue weighted by Crippen LogP contribution is -2.50. The largest absolute Gasteiger partial charge is 0.493 e. The standard InChI is InChI=1S/C26H30ClN5O6S2/c1-3-38-26(34)31-14-16-32(17-15-31)40(35,36)19-6-4-18(5-7-19)24(33)29-10-12-30(13-11-29)25-28-22-21(39-25)9-8-20(27)23(22)37-2/h4-9H,3,10-17H2,1-2H3. The fraction of sp³-hybridized carbons (Fsp3) is 0.423. The molecule has 0 N–H and O–H groups in total. The number of thiazole rings is 1. The molecule has 2 aliphatic rings. The number of amides is 2. The van der Waals surface area contributed by atoms with Gasteiger partial charge in [0.15, 0.2) is 10.9 Å². The van der Waals surface area contributed by atoms with Gasteiger partial charge in [-0.25, -0.2) is 18.2 Å². The minimum Gasteiger partial charge on any atom is -0.493 e. The molecule has 0 atom stereocenters. The topological polar surface area (TPSA) is 113 Å². The lowest BCUT2D eigenvalue weighted by atomic mass is 10.2. The molecule has 1 aromatic heterocycles. The summed E-state index contributed by atoms with van der Waals surface area (Å²) in [6.45, 7) is 5.14. The van der Waals surface area contributed by atoms with Gasteiger partial charge in [-0.1, -0.05) is 22.9 Å². The van der Waals surface area contributed by atoms with Crippen molar-refractivity contribution >= 4 is 60.3 Å². The van der Waals surface area contributed by atoms with E-state index < -0.39 is 16.1 Å². The van der Waals surface area contributed by atoms with Crippen molar-refractivity contribution in [3.8, 4) is 5.75 Å². The molecule has 2 amide bonds. The second kappa shape index (κ2) is 11.8. The van der Waals surface area contributed by atoms with Crippen molar-refractivity contribution in [2.24, 2.45) is 0 Å². The van der Waals surface area contributed by atoms with Crippen LogP contribution in [0.3, 0.4) is 0 Å². The maximum Gasteiger partial charge on any atom is 0.409 e. The number of hydrogen-bond acceptors (Lipinski definition) is 9. The van der Waals surface area contributed by atoms with Gasteiger partial charge >= 0.3 is 6.09 Å². The summed E-state index contributed by atoms with van der Waals surface area (Å²) >= 11 is 7.79. The Morgan fingerprint density at radius 3 is 2.23 bits per heavy atom. The maximum absolute atomic E-state index is 13.2. The van der Waals surface area contributed by atoms with Gasteiger partial charge in [0.2, 0.25) is 10.0 Å². The van der Waals surface area contributed by atoms with Crippen LogP contribution in [-0.4, -0.2) is 106 Å². The number of nitrogens with zero attached hydrogens (tertiary/aromatic N) is 5. The van der Waals surface area contributed by atoms with Gasteiger partial charge in [0, 0.05) is 57.9 Å². The van der Waals surface area contributed by atoms with E-state index in [0.29, 0.717) is 42.5 Å². The molecule has 0 unspecified atom stereocenters. The summed E-state index contributed by atoms with van der Waals surface area (Å²) in [6.07, 6.45) is -0.437. The predicted octanol–water partition coefficient (Wildman–Crippen LogP) is 3.38. The van der Waals surface area contributed by atoms with Crippen LogP contribution in [0.25, 0.3) is 10.2 Å². The molecule has 3 heterocycles. The van der Waals surface area contributed by atoms with Crippen LogP contribution in [0.2, 0.25) is 5.02 Å². The number of anilines is 1. The van der Waals surface area contributed by atoms with E-state index in [-0.39, 0.29) is 43.6 Å². The molecule has 214 valence electrons. The number of fused-ring (bicyclic) bond motifs is 1. The van der Waals surface area contributed by atoms with Crippen LogP contribution in [0.1, 0.15) is 17.3 Å². The molecule has 2 aliphatic heterocycles. The Morgan fingerprint density at radius 2 is 1.60 bits per heavy atom. The predicted molar refractivity (Wildman–Crippen MR) is 153 cm³/mol. The lowest BCUT2D eigenvalue weighted by molar-refractivity contribution is 0.0746. The van der Waals surface area contributed by atoms with Gasteiger partial charge < -0.3 is 24.2 Å². The number of piperazine rings is 2. The second-order valence-electron chi connectivity index (χ2n) is 9.32. The molecule has 40 heavy (non-hydrogen) atoms. The third-order valence-electron chi connectivity index (χ3n) is 7.00. The second-order valence-corrected chi connectivity index (χ2v) is 12.7. The van der Waals surface area contributed by atoms with Crippen molar-refractivity contribution in [2.75, 3.05) is 71.0 Å². The highest BCUT2D eigenvalue weighted by atomic mass is 35.5. The molecule has 14 heteroatoms. The van der Waals surface area contributed by atoms with Crippen LogP contribution >= 0.6 is 22.9 Å². The Balaban J connectivity index is 1.19. The average molecular weight is 608 g/mol. The number of rotatable bonds is 6. The number of hydrogen-bond donors (Lipinski definition) is 0. The first kappa shape index (κ1) is 28.4. The molecule has 2 saturated heterocycles. The highest BCUT2D eigenvalue weighted by Gasteiger charge is 2.31. The molecule has 0 radical (unpaired) electrons. The van der Waals surface area contributed by atoms with E-state index in [4.69, 9.17) is 26.1 Å². The quantitative estimate of drug-likeness (QED) is 0.419. The van der Waals surface area contributed by atoms with Crippen LogP contribution in [-0.2, 0) is 14.8 Å². The van der Waals surface area contributed by atoms with E-state index in [9.17, 15) is 18.0 Å². The van der Waals surface area contributed by atoms with Gasteiger partial charge in [-0.2, -0.15) is 4.31 Å². The van der Waals surface area contributed by atoms with Crippen LogP contribution in [0.5, 0.6) is 5.75 Å². The van der Waals surface area contributed by atoms with Gasteiger partial charge in [-0.05, 0) is 43.3 Å². The monoisotopic (exact) mass is 607 g/mol. The summed E-state index contributed by atoms with van der Waals surface area (Å²) in [7, 11) is -2.18. The zero-order valence-corrected chi connectivity index (χ0v) is 24.6. The number of aromatic nitrogens is 1. The molecule has 0 aliphatic carbocycles. The Labute approximate surface area is 241 Å². The fourth-order valence-electron chi connectivity index (χ4n) is 4.79. The van der Waals surface area contributed by atoms with Crippen LogP contribution in [0, 0.1) is 0 Å². The average Bonchev–Trinajstić information content (AvgIpc) is 3.41. The molecule has 0 saturated carbocycles. The van der Waals surface area contributed by atoms with Gasteiger partial charge in [0.1, 0.15) is 5.52 Å². The summed E-state index contributed by atoms with van der Waals surface area (Å²) in [5.74, 6) is 0.407. The Morgan fingerprint density at radius 1 is 0.950 bits per heavy atom. The number of halogens is 1. The number of ether oxygens (including phenoxy) is 2. The summed E-state index contributed by atoms with van der Waals surface area (Å²) in [4.78, 5) is 35.3.